The molecule has 2 aliphatic heterocycles. The lowest BCUT2D eigenvalue weighted by Crippen LogP contribution is -2.45. The second-order valence-corrected chi connectivity index (χ2v) is 7.64. The lowest BCUT2D eigenvalue weighted by atomic mass is 9.77. The number of hydrogen-bond donors (Lipinski definition) is 4. The van der Waals surface area contributed by atoms with Gasteiger partial charge in [-0.1, -0.05) is 0 Å². The summed E-state index contributed by atoms with van der Waals surface area (Å²) in [6.45, 7) is 4.82. The van der Waals surface area contributed by atoms with Gasteiger partial charge in [0.25, 0.3) is 5.91 Å². The molecule has 1 amide bonds. The van der Waals surface area contributed by atoms with Crippen molar-refractivity contribution in [2.24, 2.45) is 5.41 Å². The van der Waals surface area contributed by atoms with Crippen molar-refractivity contribution < 1.29 is 22.7 Å². The Morgan fingerprint density at radius 2 is 1.94 bits per heavy atom. The van der Waals surface area contributed by atoms with E-state index < -0.39 is 17.7 Å². The summed E-state index contributed by atoms with van der Waals surface area (Å²) in [4.78, 5) is 12.7. The summed E-state index contributed by atoms with van der Waals surface area (Å²) in [6.07, 6.45) is 0.325. The summed E-state index contributed by atoms with van der Waals surface area (Å²) >= 11 is 0. The van der Waals surface area contributed by atoms with E-state index in [-0.39, 0.29) is 11.8 Å². The van der Waals surface area contributed by atoms with Crippen LogP contribution < -0.4 is 26.0 Å². The summed E-state index contributed by atoms with van der Waals surface area (Å²) in [5.41, 5.74) is 1.61. The topological polar surface area (TPSA) is 98.2 Å². The number of amides is 1. The van der Waals surface area contributed by atoms with Gasteiger partial charge in [0.05, 0.1) is 29.8 Å². The minimum absolute atomic E-state index is 0.315. The van der Waals surface area contributed by atoms with Gasteiger partial charge in [-0.15, -0.1) is 13.2 Å². The van der Waals surface area contributed by atoms with Crippen LogP contribution in [0, 0.1) is 16.7 Å². The molecule has 164 valence electrons. The molecule has 1 aromatic rings. The molecule has 2 heterocycles. The first kappa shape index (κ1) is 22.2. The van der Waals surface area contributed by atoms with E-state index in [0.717, 1.165) is 23.3 Å². The van der Waals surface area contributed by atoms with Crippen LogP contribution in [0.2, 0.25) is 0 Å². The molecule has 1 unspecified atom stereocenters. The van der Waals surface area contributed by atoms with E-state index in [1.54, 1.807) is 6.08 Å². The van der Waals surface area contributed by atoms with Crippen LogP contribution in [0.1, 0.15) is 13.8 Å². The fourth-order valence-electron chi connectivity index (χ4n) is 3.25. The molecule has 3 rings (SSSR count). The van der Waals surface area contributed by atoms with Gasteiger partial charge < -0.3 is 20.7 Å². The van der Waals surface area contributed by atoms with Crippen molar-refractivity contribution in [3.05, 3.63) is 59.5 Å². The molecular weight excluding hydrogens is 411 g/mol. The first-order chi connectivity index (χ1) is 14.6. The maximum absolute atomic E-state index is 12.7. The van der Waals surface area contributed by atoms with E-state index in [2.05, 4.69) is 32.1 Å². The highest BCUT2D eigenvalue weighted by atomic mass is 19.4. The normalized spacial score (nSPS) is 19.0. The first-order valence-corrected chi connectivity index (χ1v) is 9.49. The van der Waals surface area contributed by atoms with E-state index in [1.807, 2.05) is 20.0 Å². The Labute approximate surface area is 177 Å². The van der Waals surface area contributed by atoms with Crippen molar-refractivity contribution in [2.75, 3.05) is 18.5 Å². The van der Waals surface area contributed by atoms with Crippen LogP contribution in [0.15, 0.2) is 59.5 Å². The number of nitriles is 1. The predicted octanol–water partition coefficient (Wildman–Crippen LogP) is 2.89. The molecule has 31 heavy (non-hydrogen) atoms. The molecule has 1 atom stereocenters. The molecule has 0 saturated carbocycles. The van der Waals surface area contributed by atoms with Crippen molar-refractivity contribution in [2.45, 2.75) is 26.3 Å². The van der Waals surface area contributed by atoms with Crippen LogP contribution in [0.25, 0.3) is 0 Å². The summed E-state index contributed by atoms with van der Waals surface area (Å²) in [5, 5.41) is 21.7. The van der Waals surface area contributed by atoms with Gasteiger partial charge in [-0.2, -0.15) is 5.26 Å². The maximum Gasteiger partial charge on any atom is 0.573 e. The zero-order chi connectivity index (χ0) is 22.6. The van der Waals surface area contributed by atoms with Crippen LogP contribution in [0.5, 0.6) is 5.75 Å². The van der Waals surface area contributed by atoms with Gasteiger partial charge in [0.2, 0.25) is 0 Å². The van der Waals surface area contributed by atoms with Crippen molar-refractivity contribution in [1.29, 1.82) is 5.26 Å². The number of nitrogens with zero attached hydrogens (tertiary/aromatic N) is 1. The number of benzene rings is 1. The molecule has 0 aromatic heterocycles. The minimum Gasteiger partial charge on any atom is -0.406 e. The first-order valence-electron chi connectivity index (χ1n) is 9.49. The second-order valence-electron chi connectivity index (χ2n) is 7.64. The highest BCUT2D eigenvalue weighted by Crippen LogP contribution is 2.32. The molecule has 10 heteroatoms. The Morgan fingerprint density at radius 1 is 1.23 bits per heavy atom. The van der Waals surface area contributed by atoms with E-state index in [1.165, 1.54) is 18.3 Å². The highest BCUT2D eigenvalue weighted by molar-refractivity contribution is 6.06. The third-order valence-electron chi connectivity index (χ3n) is 4.83. The number of carbonyl (C=O) groups is 1. The third kappa shape index (κ3) is 5.58. The van der Waals surface area contributed by atoms with Gasteiger partial charge in [0.15, 0.2) is 0 Å². The number of carbonyl (C=O) groups excluding carboxylic acids is 1. The second kappa shape index (κ2) is 8.73. The fourth-order valence-corrected chi connectivity index (χ4v) is 3.25. The Balaban J connectivity index is 1.79. The number of nitrogens with one attached hydrogen (secondary N) is 4. The number of alkyl halides is 3. The molecule has 2 aliphatic rings. The molecule has 7 nitrogen and oxygen atoms in total. The third-order valence-corrected chi connectivity index (χ3v) is 4.83. The standard InChI is InChI=1S/C21H22F3N5O2/c1-20(2,11-25)18-17(14-8-26-12-27-9-14)7-13(10-28-18)19(30)29-15-3-5-16(6-4-15)31-21(22,23)24/h3-8,10,18,26-28H,9,12H2,1-2H3,(H,29,30). The monoisotopic (exact) mass is 433 g/mol. The number of hydrogen-bond acceptors (Lipinski definition) is 6. The van der Waals surface area contributed by atoms with Gasteiger partial charge in [0, 0.05) is 24.6 Å². The summed E-state index contributed by atoms with van der Waals surface area (Å²) < 4.78 is 40.7. The molecule has 0 aliphatic carbocycles. The Kier molecular flexibility index (Phi) is 6.27. The number of anilines is 1. The fraction of sp³-hybridized carbons (Fsp3) is 0.333. The van der Waals surface area contributed by atoms with Gasteiger partial charge in [0.1, 0.15) is 5.75 Å². The predicted molar refractivity (Wildman–Crippen MR) is 108 cm³/mol. The van der Waals surface area contributed by atoms with E-state index in [4.69, 9.17) is 0 Å². The molecule has 0 saturated heterocycles. The maximum atomic E-state index is 12.7. The SMILES string of the molecule is CC(C)(C#N)C1NC=C(C(=O)Nc2ccc(OC(F)(F)F)cc2)C=C1C1=CNCNC1. The van der Waals surface area contributed by atoms with Crippen molar-refractivity contribution in [3.63, 3.8) is 0 Å². The number of rotatable bonds is 5. The molecule has 1 aromatic carbocycles. The zero-order valence-corrected chi connectivity index (χ0v) is 16.9. The van der Waals surface area contributed by atoms with Crippen LogP contribution in [-0.4, -0.2) is 31.5 Å². The Bertz CT molecular complexity index is 972. The van der Waals surface area contributed by atoms with E-state index >= 15 is 0 Å². The summed E-state index contributed by atoms with van der Waals surface area (Å²) in [5.74, 6) is -0.822. The molecule has 0 bridgehead atoms. The van der Waals surface area contributed by atoms with Crippen LogP contribution >= 0.6 is 0 Å². The van der Waals surface area contributed by atoms with Gasteiger partial charge in [-0.3, -0.25) is 10.1 Å². The Morgan fingerprint density at radius 3 is 2.52 bits per heavy atom. The Hall–Kier alpha value is -3.45. The van der Waals surface area contributed by atoms with E-state index in [0.29, 0.717) is 24.5 Å². The smallest absolute Gasteiger partial charge is 0.406 e. The molecule has 0 radical (unpaired) electrons. The molecular formula is C21H22F3N5O2. The zero-order valence-electron chi connectivity index (χ0n) is 16.9. The van der Waals surface area contributed by atoms with Gasteiger partial charge >= 0.3 is 6.36 Å². The molecule has 4 N–H and O–H groups in total. The lowest BCUT2D eigenvalue weighted by molar-refractivity contribution is -0.274. The molecule has 0 spiro atoms. The highest BCUT2D eigenvalue weighted by Gasteiger charge is 2.36. The average Bonchev–Trinajstić information content (AvgIpc) is 2.74. The van der Waals surface area contributed by atoms with Crippen molar-refractivity contribution in [1.82, 2.24) is 16.0 Å². The van der Waals surface area contributed by atoms with Gasteiger partial charge in [-0.05, 0) is 55.3 Å². The average molecular weight is 433 g/mol. The van der Waals surface area contributed by atoms with Gasteiger partial charge in [-0.25, -0.2) is 0 Å². The lowest BCUT2D eigenvalue weighted by Gasteiger charge is -2.35. The summed E-state index contributed by atoms with van der Waals surface area (Å²) in [7, 11) is 0. The number of halogens is 3. The number of ether oxygens (including phenoxy) is 1. The van der Waals surface area contributed by atoms with Crippen LogP contribution in [0.4, 0.5) is 18.9 Å². The largest absolute Gasteiger partial charge is 0.573 e. The minimum atomic E-state index is -4.78. The number of dihydropyridines is 1. The quantitative estimate of drug-likeness (QED) is 0.570. The molecule has 0 fully saturated rings. The summed E-state index contributed by atoms with van der Waals surface area (Å²) in [6, 6.07) is 6.83. The van der Waals surface area contributed by atoms with Crippen LogP contribution in [-0.2, 0) is 4.79 Å². The van der Waals surface area contributed by atoms with Crippen molar-refractivity contribution in [3.8, 4) is 11.8 Å². The van der Waals surface area contributed by atoms with E-state index in [9.17, 15) is 23.2 Å². The van der Waals surface area contributed by atoms with Crippen LogP contribution in [0.3, 0.4) is 0 Å². The van der Waals surface area contributed by atoms with Crippen molar-refractivity contribution >= 4 is 11.6 Å².